The molecular formula is C18H17NO2. The van der Waals surface area contributed by atoms with E-state index in [4.69, 9.17) is 0 Å². The first-order valence-corrected chi connectivity index (χ1v) is 7.18. The molecule has 0 atom stereocenters. The summed E-state index contributed by atoms with van der Waals surface area (Å²) in [5.41, 5.74) is 4.55. The van der Waals surface area contributed by atoms with Gasteiger partial charge in [0.25, 0.3) is 5.91 Å². The van der Waals surface area contributed by atoms with E-state index in [1.165, 1.54) is 18.2 Å². The normalized spacial score (nSPS) is 12.8. The highest BCUT2D eigenvalue weighted by atomic mass is 16.2. The van der Waals surface area contributed by atoms with E-state index in [0.717, 1.165) is 30.4 Å². The summed E-state index contributed by atoms with van der Waals surface area (Å²) in [5.74, 6) is -0.335. The van der Waals surface area contributed by atoms with Gasteiger partial charge in [-0.1, -0.05) is 30.3 Å². The second-order valence-electron chi connectivity index (χ2n) is 5.28. The summed E-state index contributed by atoms with van der Waals surface area (Å²) in [6, 6.07) is 13.5. The van der Waals surface area contributed by atoms with Crippen molar-refractivity contribution < 1.29 is 4.79 Å². The second-order valence-corrected chi connectivity index (χ2v) is 5.28. The number of rotatable bonds is 1. The lowest BCUT2D eigenvalue weighted by molar-refractivity contribution is 0.0962. The third-order valence-electron chi connectivity index (χ3n) is 4.00. The molecule has 0 saturated heterocycles. The average Bonchev–Trinajstić information content (AvgIpc) is 2.76. The molecular weight excluding hydrogens is 262 g/mol. The van der Waals surface area contributed by atoms with E-state index < -0.39 is 0 Å². The molecule has 0 aromatic heterocycles. The Morgan fingerprint density at radius 2 is 1.71 bits per heavy atom. The topological polar surface area (TPSA) is 46.2 Å². The van der Waals surface area contributed by atoms with Crippen molar-refractivity contribution in [1.29, 1.82) is 0 Å². The van der Waals surface area contributed by atoms with Crippen LogP contribution in [0.4, 0.5) is 0 Å². The molecule has 0 spiro atoms. The van der Waals surface area contributed by atoms with E-state index in [2.05, 4.69) is 17.4 Å². The van der Waals surface area contributed by atoms with Gasteiger partial charge in [-0.3, -0.25) is 9.59 Å². The van der Waals surface area contributed by atoms with Crippen molar-refractivity contribution in [2.75, 3.05) is 7.05 Å². The summed E-state index contributed by atoms with van der Waals surface area (Å²) in [4.78, 5) is 24.0. The van der Waals surface area contributed by atoms with E-state index >= 15 is 0 Å². The average molecular weight is 279 g/mol. The highest BCUT2D eigenvalue weighted by Crippen LogP contribution is 2.31. The Hall–Kier alpha value is -2.42. The molecule has 0 aliphatic heterocycles. The fourth-order valence-electron chi connectivity index (χ4n) is 2.93. The van der Waals surface area contributed by atoms with Gasteiger partial charge in [0.1, 0.15) is 0 Å². The van der Waals surface area contributed by atoms with Crippen LogP contribution in [0.25, 0.3) is 11.1 Å². The Morgan fingerprint density at radius 1 is 1.00 bits per heavy atom. The van der Waals surface area contributed by atoms with Crippen LogP contribution in [0.2, 0.25) is 0 Å². The number of carbonyl (C=O) groups excluding carboxylic acids is 1. The molecule has 0 radical (unpaired) electrons. The molecule has 2 aromatic rings. The quantitative estimate of drug-likeness (QED) is 0.872. The molecule has 1 N–H and O–H groups in total. The first-order chi connectivity index (χ1) is 10.2. The van der Waals surface area contributed by atoms with Crippen LogP contribution >= 0.6 is 0 Å². The van der Waals surface area contributed by atoms with E-state index in [9.17, 15) is 9.59 Å². The fraction of sp³-hybridized carbons (Fsp3) is 0.222. The van der Waals surface area contributed by atoms with Crippen molar-refractivity contribution in [2.24, 2.45) is 0 Å². The Bertz CT molecular complexity index is 765. The zero-order chi connectivity index (χ0) is 14.8. The van der Waals surface area contributed by atoms with E-state index in [1.54, 1.807) is 12.1 Å². The molecule has 0 unspecified atom stereocenters. The van der Waals surface area contributed by atoms with Crippen LogP contribution < -0.4 is 10.7 Å². The lowest BCUT2D eigenvalue weighted by Crippen LogP contribution is -2.23. The molecule has 21 heavy (non-hydrogen) atoms. The Balaban J connectivity index is 2.27. The van der Waals surface area contributed by atoms with Gasteiger partial charge < -0.3 is 5.32 Å². The SMILES string of the molecule is CNC(=O)c1ccc2c(cc1=O)CCCc1ccccc1-2. The first-order valence-electron chi connectivity index (χ1n) is 7.18. The third kappa shape index (κ3) is 2.47. The number of hydrogen-bond donors (Lipinski definition) is 1. The van der Waals surface area contributed by atoms with Crippen LogP contribution in [0.5, 0.6) is 0 Å². The van der Waals surface area contributed by atoms with Crippen molar-refractivity contribution in [3.8, 4) is 11.1 Å². The summed E-state index contributed by atoms with van der Waals surface area (Å²) >= 11 is 0. The van der Waals surface area contributed by atoms with Crippen LogP contribution in [0, 0.1) is 0 Å². The second kappa shape index (κ2) is 5.52. The molecule has 0 saturated carbocycles. The molecule has 1 aliphatic rings. The molecule has 3 nitrogen and oxygen atoms in total. The minimum Gasteiger partial charge on any atom is -0.355 e. The van der Waals surface area contributed by atoms with Crippen LogP contribution in [0.1, 0.15) is 27.9 Å². The highest BCUT2D eigenvalue weighted by molar-refractivity contribution is 5.94. The van der Waals surface area contributed by atoms with Crippen molar-refractivity contribution in [1.82, 2.24) is 5.32 Å². The van der Waals surface area contributed by atoms with Crippen molar-refractivity contribution >= 4 is 5.91 Å². The molecule has 3 heteroatoms. The number of fused-ring (bicyclic) bond motifs is 3. The first kappa shape index (κ1) is 13.6. The van der Waals surface area contributed by atoms with E-state index in [0.29, 0.717) is 0 Å². The van der Waals surface area contributed by atoms with Crippen LogP contribution in [0.3, 0.4) is 0 Å². The van der Waals surface area contributed by atoms with Gasteiger partial charge in [-0.05, 0) is 53.6 Å². The Labute approximate surface area is 123 Å². The third-order valence-corrected chi connectivity index (χ3v) is 4.00. The maximum Gasteiger partial charge on any atom is 0.254 e. The van der Waals surface area contributed by atoms with Crippen molar-refractivity contribution in [2.45, 2.75) is 19.3 Å². The summed E-state index contributed by atoms with van der Waals surface area (Å²) < 4.78 is 0. The fourth-order valence-corrected chi connectivity index (χ4v) is 2.93. The van der Waals surface area contributed by atoms with Crippen molar-refractivity contribution in [3.63, 3.8) is 0 Å². The number of carbonyl (C=O) groups is 1. The molecule has 2 aromatic carbocycles. The maximum absolute atomic E-state index is 12.3. The maximum atomic E-state index is 12.3. The number of aryl methyl sites for hydroxylation is 2. The lowest BCUT2D eigenvalue weighted by Gasteiger charge is -2.06. The van der Waals surface area contributed by atoms with Gasteiger partial charge in [0.15, 0.2) is 5.43 Å². The minimum atomic E-state index is -0.335. The molecule has 0 bridgehead atoms. The zero-order valence-corrected chi connectivity index (χ0v) is 12.0. The summed E-state index contributed by atoms with van der Waals surface area (Å²) in [7, 11) is 1.54. The van der Waals surface area contributed by atoms with Gasteiger partial charge in [-0.2, -0.15) is 0 Å². The highest BCUT2D eigenvalue weighted by Gasteiger charge is 2.15. The van der Waals surface area contributed by atoms with Gasteiger partial charge in [0, 0.05) is 7.05 Å². The smallest absolute Gasteiger partial charge is 0.254 e. The predicted molar refractivity (Wildman–Crippen MR) is 83.6 cm³/mol. The Kier molecular flexibility index (Phi) is 3.57. The van der Waals surface area contributed by atoms with Crippen LogP contribution in [0.15, 0.2) is 47.3 Å². The van der Waals surface area contributed by atoms with Gasteiger partial charge >= 0.3 is 0 Å². The summed E-state index contributed by atoms with van der Waals surface area (Å²) in [6.45, 7) is 0. The van der Waals surface area contributed by atoms with Crippen LogP contribution in [-0.2, 0) is 12.8 Å². The van der Waals surface area contributed by atoms with Gasteiger partial charge in [-0.25, -0.2) is 0 Å². The number of hydrogen-bond acceptors (Lipinski definition) is 2. The van der Waals surface area contributed by atoms with E-state index in [1.807, 2.05) is 18.2 Å². The molecule has 0 heterocycles. The van der Waals surface area contributed by atoms with E-state index in [-0.39, 0.29) is 16.9 Å². The van der Waals surface area contributed by atoms with Crippen LogP contribution in [-0.4, -0.2) is 13.0 Å². The number of nitrogens with one attached hydrogen (secondary N) is 1. The summed E-state index contributed by atoms with van der Waals surface area (Å²) in [6.07, 6.45) is 2.90. The standard InChI is InChI=1S/C18H17NO2/c1-19-18(21)16-10-9-15-13(11-17(16)20)7-4-6-12-5-2-3-8-14(12)15/h2-3,5,8-11H,4,6-7H2,1H3,(H,19,21). The predicted octanol–water partition coefficient (Wildman–Crippen LogP) is 2.56. The number of benzene rings is 1. The summed E-state index contributed by atoms with van der Waals surface area (Å²) in [5, 5.41) is 2.52. The monoisotopic (exact) mass is 279 g/mol. The largest absolute Gasteiger partial charge is 0.355 e. The van der Waals surface area contributed by atoms with Gasteiger partial charge in [0.2, 0.25) is 0 Å². The van der Waals surface area contributed by atoms with Gasteiger partial charge in [-0.15, -0.1) is 0 Å². The lowest BCUT2D eigenvalue weighted by atomic mass is 9.99. The molecule has 0 fully saturated rings. The zero-order valence-electron chi connectivity index (χ0n) is 12.0. The van der Waals surface area contributed by atoms with Gasteiger partial charge in [0.05, 0.1) is 5.56 Å². The molecule has 1 amide bonds. The molecule has 106 valence electrons. The Morgan fingerprint density at radius 3 is 2.52 bits per heavy atom. The molecule has 1 aliphatic carbocycles. The van der Waals surface area contributed by atoms with Crippen molar-refractivity contribution in [3.05, 3.63) is 69.4 Å². The number of amides is 1. The minimum absolute atomic E-state index is 0.197. The molecule has 3 rings (SSSR count).